The predicted molar refractivity (Wildman–Crippen MR) is 77.5 cm³/mol. The minimum Gasteiger partial charge on any atom is -0.381 e. The van der Waals surface area contributed by atoms with Crippen molar-refractivity contribution < 1.29 is 9.53 Å². The molecular weight excluding hydrogens is 262 g/mol. The Morgan fingerprint density at radius 3 is 2.53 bits per heavy atom. The van der Waals surface area contributed by atoms with Crippen molar-refractivity contribution in [3.63, 3.8) is 0 Å². The Morgan fingerprint density at radius 2 is 1.89 bits per heavy atom. The number of hydrogen-bond donors (Lipinski definition) is 1. The number of halogens is 1. The van der Waals surface area contributed by atoms with Gasteiger partial charge < -0.3 is 10.1 Å². The molecular formula is C15H26ClNO2. The number of hydrogen-bond acceptors (Lipinski definition) is 2. The van der Waals surface area contributed by atoms with Crippen molar-refractivity contribution in [2.24, 2.45) is 5.92 Å². The molecule has 2 rings (SSSR count). The van der Waals surface area contributed by atoms with Crippen molar-refractivity contribution in [3.05, 3.63) is 0 Å². The van der Waals surface area contributed by atoms with Crippen LogP contribution in [0.2, 0.25) is 0 Å². The lowest BCUT2D eigenvalue weighted by molar-refractivity contribution is -0.124. The largest absolute Gasteiger partial charge is 0.381 e. The van der Waals surface area contributed by atoms with Crippen molar-refractivity contribution in [1.82, 2.24) is 5.32 Å². The third-order valence-electron chi connectivity index (χ3n) is 4.61. The Morgan fingerprint density at radius 1 is 1.21 bits per heavy atom. The van der Waals surface area contributed by atoms with Crippen molar-refractivity contribution in [1.29, 1.82) is 0 Å². The van der Waals surface area contributed by atoms with E-state index in [1.54, 1.807) is 0 Å². The molecule has 0 atom stereocenters. The number of nitrogens with one attached hydrogen (secondary N) is 1. The number of rotatable bonds is 5. The van der Waals surface area contributed by atoms with Crippen molar-refractivity contribution >= 4 is 17.5 Å². The summed E-state index contributed by atoms with van der Waals surface area (Å²) in [5.41, 5.74) is -0.219. The molecule has 1 N–H and O–H groups in total. The predicted octanol–water partition coefficient (Wildman–Crippen LogP) is 3.25. The summed E-state index contributed by atoms with van der Waals surface area (Å²) < 4.78 is 5.35. The molecule has 3 nitrogen and oxygen atoms in total. The summed E-state index contributed by atoms with van der Waals surface area (Å²) >= 11 is 6.06. The summed E-state index contributed by atoms with van der Waals surface area (Å²) in [6, 6.07) is 0. The van der Waals surface area contributed by atoms with E-state index in [1.165, 1.54) is 32.1 Å². The lowest BCUT2D eigenvalue weighted by Crippen LogP contribution is -2.53. The first-order valence-electron chi connectivity index (χ1n) is 7.69. The van der Waals surface area contributed by atoms with E-state index in [-0.39, 0.29) is 11.4 Å². The van der Waals surface area contributed by atoms with Gasteiger partial charge in [-0.1, -0.05) is 32.1 Å². The number of amides is 1. The Balaban J connectivity index is 1.72. The molecule has 2 fully saturated rings. The molecule has 0 aromatic heterocycles. The monoisotopic (exact) mass is 287 g/mol. The zero-order valence-electron chi connectivity index (χ0n) is 11.8. The Hall–Kier alpha value is -0.280. The van der Waals surface area contributed by atoms with E-state index in [1.807, 2.05) is 0 Å². The van der Waals surface area contributed by atoms with Crippen LogP contribution in [0.3, 0.4) is 0 Å². The van der Waals surface area contributed by atoms with Gasteiger partial charge in [0.25, 0.3) is 0 Å². The lowest BCUT2D eigenvalue weighted by atomic mass is 9.86. The summed E-state index contributed by atoms with van der Waals surface area (Å²) in [4.78, 5) is 12.1. The average Bonchev–Trinajstić information content (AvgIpc) is 2.47. The molecule has 2 aliphatic rings. The molecule has 1 amide bonds. The maximum Gasteiger partial charge on any atom is 0.220 e. The molecule has 4 heteroatoms. The molecule has 1 saturated heterocycles. The highest BCUT2D eigenvalue weighted by Gasteiger charge is 2.33. The molecule has 19 heavy (non-hydrogen) atoms. The lowest BCUT2D eigenvalue weighted by Gasteiger charge is -2.36. The standard InChI is InChI=1S/C15H26ClNO2/c16-12-15(8-10-19-11-9-15)17-14(18)7-6-13-4-2-1-3-5-13/h13H,1-12H2,(H,17,18). The number of alkyl halides is 1. The highest BCUT2D eigenvalue weighted by molar-refractivity contribution is 6.18. The van der Waals surface area contributed by atoms with Crippen LogP contribution in [0.4, 0.5) is 0 Å². The molecule has 0 bridgehead atoms. The van der Waals surface area contributed by atoms with Gasteiger partial charge in [0, 0.05) is 25.5 Å². The molecule has 1 saturated carbocycles. The Kier molecular flexibility index (Phi) is 5.96. The second kappa shape index (κ2) is 7.49. The number of carbonyl (C=O) groups is 1. The van der Waals surface area contributed by atoms with Gasteiger partial charge in [-0.05, 0) is 25.2 Å². The summed E-state index contributed by atoms with van der Waals surface area (Å²) in [6.07, 6.45) is 10.0. The zero-order valence-corrected chi connectivity index (χ0v) is 12.5. The number of ether oxygens (including phenoxy) is 1. The highest BCUT2D eigenvalue weighted by atomic mass is 35.5. The Bertz CT molecular complexity index is 284. The van der Waals surface area contributed by atoms with Crippen molar-refractivity contribution in [2.75, 3.05) is 19.1 Å². The first kappa shape index (κ1) is 15.1. The zero-order chi connectivity index (χ0) is 13.6. The minimum absolute atomic E-state index is 0.174. The molecule has 0 spiro atoms. The van der Waals surface area contributed by atoms with E-state index in [0.29, 0.717) is 25.5 Å². The first-order valence-corrected chi connectivity index (χ1v) is 8.22. The van der Waals surface area contributed by atoms with Crippen molar-refractivity contribution in [2.45, 2.75) is 63.3 Å². The third kappa shape index (κ3) is 4.64. The number of carbonyl (C=O) groups excluding carboxylic acids is 1. The van der Waals surface area contributed by atoms with E-state index in [4.69, 9.17) is 16.3 Å². The smallest absolute Gasteiger partial charge is 0.220 e. The summed E-state index contributed by atoms with van der Waals surface area (Å²) in [5.74, 6) is 1.43. The third-order valence-corrected chi connectivity index (χ3v) is 5.13. The van der Waals surface area contributed by atoms with Crippen LogP contribution in [-0.4, -0.2) is 30.5 Å². The summed E-state index contributed by atoms with van der Waals surface area (Å²) in [5, 5.41) is 3.17. The van der Waals surface area contributed by atoms with Gasteiger partial charge in [-0.3, -0.25) is 4.79 Å². The summed E-state index contributed by atoms with van der Waals surface area (Å²) in [6.45, 7) is 1.41. The molecule has 1 heterocycles. The van der Waals surface area contributed by atoms with E-state index >= 15 is 0 Å². The molecule has 1 aliphatic heterocycles. The Labute approximate surface area is 121 Å². The summed E-state index contributed by atoms with van der Waals surface area (Å²) in [7, 11) is 0. The second-order valence-electron chi connectivity index (χ2n) is 6.12. The minimum atomic E-state index is -0.219. The molecule has 0 aromatic carbocycles. The van der Waals surface area contributed by atoms with Gasteiger partial charge in [0.2, 0.25) is 5.91 Å². The van der Waals surface area contributed by atoms with Crippen LogP contribution < -0.4 is 5.32 Å². The van der Waals surface area contributed by atoms with Gasteiger partial charge in [-0.2, -0.15) is 0 Å². The van der Waals surface area contributed by atoms with Crippen molar-refractivity contribution in [3.8, 4) is 0 Å². The fourth-order valence-corrected chi connectivity index (χ4v) is 3.56. The van der Waals surface area contributed by atoms with E-state index < -0.39 is 0 Å². The van der Waals surface area contributed by atoms with E-state index in [0.717, 1.165) is 25.2 Å². The van der Waals surface area contributed by atoms with E-state index in [9.17, 15) is 4.79 Å². The normalized spacial score (nSPS) is 24.1. The van der Waals surface area contributed by atoms with Crippen LogP contribution in [0, 0.1) is 5.92 Å². The molecule has 0 unspecified atom stereocenters. The van der Waals surface area contributed by atoms with Crippen LogP contribution in [0.5, 0.6) is 0 Å². The molecule has 1 aliphatic carbocycles. The SMILES string of the molecule is O=C(CCC1CCCCC1)NC1(CCl)CCOCC1. The van der Waals surface area contributed by atoms with Gasteiger partial charge >= 0.3 is 0 Å². The quantitative estimate of drug-likeness (QED) is 0.788. The van der Waals surface area contributed by atoms with Gasteiger partial charge in [0.05, 0.1) is 5.54 Å². The maximum atomic E-state index is 12.1. The van der Waals surface area contributed by atoms with Crippen LogP contribution in [0.1, 0.15) is 57.8 Å². The van der Waals surface area contributed by atoms with E-state index in [2.05, 4.69) is 5.32 Å². The fraction of sp³-hybridized carbons (Fsp3) is 0.933. The maximum absolute atomic E-state index is 12.1. The second-order valence-corrected chi connectivity index (χ2v) is 6.38. The van der Waals surface area contributed by atoms with Gasteiger partial charge in [-0.25, -0.2) is 0 Å². The highest BCUT2D eigenvalue weighted by Crippen LogP contribution is 2.28. The average molecular weight is 288 g/mol. The first-order chi connectivity index (χ1) is 9.24. The van der Waals surface area contributed by atoms with Gasteiger partial charge in [0.1, 0.15) is 0 Å². The topological polar surface area (TPSA) is 38.3 Å². The van der Waals surface area contributed by atoms with Crippen LogP contribution in [0.15, 0.2) is 0 Å². The molecule has 0 radical (unpaired) electrons. The van der Waals surface area contributed by atoms with Crippen LogP contribution >= 0.6 is 11.6 Å². The van der Waals surface area contributed by atoms with Crippen LogP contribution in [0.25, 0.3) is 0 Å². The molecule has 110 valence electrons. The fourth-order valence-electron chi connectivity index (χ4n) is 3.22. The van der Waals surface area contributed by atoms with Crippen LogP contribution in [-0.2, 0) is 9.53 Å². The molecule has 0 aromatic rings. The van der Waals surface area contributed by atoms with Gasteiger partial charge in [0.15, 0.2) is 0 Å². The van der Waals surface area contributed by atoms with Gasteiger partial charge in [-0.15, -0.1) is 11.6 Å².